The van der Waals surface area contributed by atoms with Gasteiger partial charge in [0.25, 0.3) is 0 Å². The summed E-state index contributed by atoms with van der Waals surface area (Å²) in [6, 6.07) is 0.219. The normalized spacial score (nSPS) is 24.4. The van der Waals surface area contributed by atoms with Crippen molar-refractivity contribution in [3.8, 4) is 0 Å². The van der Waals surface area contributed by atoms with E-state index in [0.29, 0.717) is 25.1 Å². The van der Waals surface area contributed by atoms with Crippen molar-refractivity contribution in [3.63, 3.8) is 0 Å². The molecule has 1 saturated heterocycles. The standard InChI is InChI=1S/C17H17ClF3N5O2/c18-9-4-10(19)13(22-5-9)8-25-17(28)26-14(2-1-3-15(26)23-25)16(27)24-6-11(20)12(21)7-24/h4-5,11-12,14H,1-3,6-8H2/t11?,12?,14-/m0/s1. The average molecular weight is 416 g/mol. The van der Waals surface area contributed by atoms with Gasteiger partial charge in [-0.05, 0) is 18.9 Å². The molecule has 2 aromatic rings. The number of rotatable bonds is 3. The van der Waals surface area contributed by atoms with Gasteiger partial charge in [0.1, 0.15) is 17.7 Å². The summed E-state index contributed by atoms with van der Waals surface area (Å²) >= 11 is 5.68. The number of alkyl halides is 2. The second kappa shape index (κ2) is 7.23. The van der Waals surface area contributed by atoms with Crippen molar-refractivity contribution >= 4 is 17.5 Å². The highest BCUT2D eigenvalue weighted by atomic mass is 35.5. The first-order chi connectivity index (χ1) is 13.3. The molecule has 4 rings (SSSR count). The number of likely N-dealkylation sites (tertiary alicyclic amines) is 1. The van der Waals surface area contributed by atoms with Crippen LogP contribution in [0.3, 0.4) is 0 Å². The van der Waals surface area contributed by atoms with Crippen LogP contribution >= 0.6 is 11.6 Å². The monoisotopic (exact) mass is 415 g/mol. The summed E-state index contributed by atoms with van der Waals surface area (Å²) in [4.78, 5) is 30.6. The first kappa shape index (κ1) is 19.0. The number of hydrogen-bond acceptors (Lipinski definition) is 4. The van der Waals surface area contributed by atoms with Gasteiger partial charge in [0.2, 0.25) is 5.91 Å². The van der Waals surface area contributed by atoms with Gasteiger partial charge in [0, 0.05) is 12.6 Å². The van der Waals surface area contributed by atoms with Crippen LogP contribution in [0.25, 0.3) is 0 Å². The van der Waals surface area contributed by atoms with Crippen molar-refractivity contribution in [2.24, 2.45) is 0 Å². The molecule has 0 aromatic carbocycles. The third-order valence-electron chi connectivity index (χ3n) is 5.09. The molecular formula is C17H17ClF3N5O2. The van der Waals surface area contributed by atoms with Crippen LogP contribution in [0, 0.1) is 5.82 Å². The molecule has 2 aliphatic rings. The number of nitrogens with zero attached hydrogens (tertiary/aromatic N) is 5. The Kier molecular flexibility index (Phi) is 4.90. The van der Waals surface area contributed by atoms with E-state index >= 15 is 0 Å². The molecule has 0 radical (unpaired) electrons. The zero-order valence-electron chi connectivity index (χ0n) is 14.7. The molecule has 0 saturated carbocycles. The number of aromatic nitrogens is 4. The third-order valence-corrected chi connectivity index (χ3v) is 5.30. The van der Waals surface area contributed by atoms with E-state index < -0.39 is 35.8 Å². The van der Waals surface area contributed by atoms with Crippen LogP contribution in [0.15, 0.2) is 17.1 Å². The van der Waals surface area contributed by atoms with Crippen molar-refractivity contribution in [2.75, 3.05) is 13.1 Å². The summed E-state index contributed by atoms with van der Waals surface area (Å²) in [5.74, 6) is -0.781. The molecule has 11 heteroatoms. The van der Waals surface area contributed by atoms with E-state index in [1.54, 1.807) is 0 Å². The highest BCUT2D eigenvalue weighted by molar-refractivity contribution is 6.30. The third kappa shape index (κ3) is 3.30. The molecule has 3 atom stereocenters. The molecule has 2 unspecified atom stereocenters. The molecule has 1 amide bonds. The molecule has 0 bridgehead atoms. The van der Waals surface area contributed by atoms with Gasteiger partial charge >= 0.3 is 5.69 Å². The van der Waals surface area contributed by atoms with Crippen LogP contribution in [0.2, 0.25) is 5.02 Å². The summed E-state index contributed by atoms with van der Waals surface area (Å²) in [5, 5.41) is 4.34. The van der Waals surface area contributed by atoms with Gasteiger partial charge in [-0.2, -0.15) is 5.10 Å². The molecule has 4 heterocycles. The van der Waals surface area contributed by atoms with Crippen LogP contribution in [0.1, 0.15) is 30.4 Å². The molecule has 28 heavy (non-hydrogen) atoms. The first-order valence-corrected chi connectivity index (χ1v) is 9.28. The summed E-state index contributed by atoms with van der Waals surface area (Å²) in [6.45, 7) is -0.866. The minimum Gasteiger partial charge on any atom is -0.335 e. The Morgan fingerprint density at radius 2 is 2.00 bits per heavy atom. The van der Waals surface area contributed by atoms with Crippen LogP contribution < -0.4 is 5.69 Å². The highest BCUT2D eigenvalue weighted by Gasteiger charge is 2.40. The number of aryl methyl sites for hydroxylation is 1. The smallest absolute Gasteiger partial charge is 0.335 e. The molecule has 0 aliphatic carbocycles. The van der Waals surface area contributed by atoms with E-state index in [-0.39, 0.29) is 30.4 Å². The van der Waals surface area contributed by atoms with Gasteiger partial charge in [-0.15, -0.1) is 0 Å². The topological polar surface area (TPSA) is 73.0 Å². The molecule has 1 fully saturated rings. The van der Waals surface area contributed by atoms with Crippen LogP contribution in [-0.4, -0.2) is 55.6 Å². The molecule has 150 valence electrons. The second-order valence-corrected chi connectivity index (χ2v) is 7.43. The Morgan fingerprint density at radius 3 is 2.68 bits per heavy atom. The van der Waals surface area contributed by atoms with Crippen LogP contribution in [-0.2, 0) is 17.8 Å². The van der Waals surface area contributed by atoms with E-state index in [1.165, 1.54) is 10.8 Å². The van der Waals surface area contributed by atoms with Crippen molar-refractivity contribution in [1.29, 1.82) is 0 Å². The average Bonchev–Trinajstić information content (AvgIpc) is 3.16. The largest absolute Gasteiger partial charge is 0.347 e. The SMILES string of the molecule is O=C([C@@H]1CCCc2nn(Cc3ncc(Cl)cc3F)c(=O)n21)N1CC(F)C(F)C1. The van der Waals surface area contributed by atoms with Gasteiger partial charge in [0.05, 0.1) is 30.4 Å². The summed E-state index contributed by atoms with van der Waals surface area (Å²) in [7, 11) is 0. The number of halogens is 4. The van der Waals surface area contributed by atoms with E-state index in [4.69, 9.17) is 11.6 Å². The summed E-state index contributed by atoms with van der Waals surface area (Å²) in [6.07, 6.45) is -0.723. The molecule has 0 spiro atoms. The zero-order valence-corrected chi connectivity index (χ0v) is 15.4. The minimum atomic E-state index is -1.72. The Bertz CT molecular complexity index is 968. The van der Waals surface area contributed by atoms with Gasteiger partial charge in [-0.3, -0.25) is 14.3 Å². The maximum atomic E-state index is 14.0. The van der Waals surface area contributed by atoms with Gasteiger partial charge in [-0.25, -0.2) is 22.6 Å². The fourth-order valence-corrected chi connectivity index (χ4v) is 3.83. The number of carbonyl (C=O) groups excluding carboxylic acids is 1. The molecule has 7 nitrogen and oxygen atoms in total. The van der Waals surface area contributed by atoms with Gasteiger partial charge < -0.3 is 4.90 Å². The van der Waals surface area contributed by atoms with Crippen molar-refractivity contribution in [2.45, 2.75) is 44.2 Å². The van der Waals surface area contributed by atoms with E-state index in [0.717, 1.165) is 15.6 Å². The molecule has 0 N–H and O–H groups in total. The maximum absolute atomic E-state index is 14.0. The predicted octanol–water partition coefficient (Wildman–Crippen LogP) is 1.68. The summed E-state index contributed by atoms with van der Waals surface area (Å²) in [5.41, 5.74) is -0.595. The fourth-order valence-electron chi connectivity index (χ4n) is 3.68. The molecule has 2 aliphatic heterocycles. The Morgan fingerprint density at radius 1 is 1.29 bits per heavy atom. The number of amides is 1. The predicted molar refractivity (Wildman–Crippen MR) is 93.1 cm³/mol. The lowest BCUT2D eigenvalue weighted by Crippen LogP contribution is -2.42. The van der Waals surface area contributed by atoms with E-state index in [9.17, 15) is 22.8 Å². The van der Waals surface area contributed by atoms with E-state index in [1.807, 2.05) is 0 Å². The molecular weight excluding hydrogens is 399 g/mol. The summed E-state index contributed by atoms with van der Waals surface area (Å²) < 4.78 is 43.2. The lowest BCUT2D eigenvalue weighted by molar-refractivity contribution is -0.134. The Balaban J connectivity index is 1.63. The second-order valence-electron chi connectivity index (χ2n) is 6.99. The highest BCUT2D eigenvalue weighted by Crippen LogP contribution is 2.27. The van der Waals surface area contributed by atoms with Crippen LogP contribution in [0.5, 0.6) is 0 Å². The quantitative estimate of drug-likeness (QED) is 0.764. The number of fused-ring (bicyclic) bond motifs is 1. The lowest BCUT2D eigenvalue weighted by atomic mass is 10.0. The maximum Gasteiger partial charge on any atom is 0.347 e. The van der Waals surface area contributed by atoms with Gasteiger partial charge in [-0.1, -0.05) is 11.6 Å². The van der Waals surface area contributed by atoms with Crippen molar-refractivity contribution < 1.29 is 18.0 Å². The lowest BCUT2D eigenvalue weighted by Gasteiger charge is -2.26. The zero-order chi connectivity index (χ0) is 20.0. The van der Waals surface area contributed by atoms with Crippen molar-refractivity contribution in [3.05, 3.63) is 45.1 Å². The first-order valence-electron chi connectivity index (χ1n) is 8.90. The number of hydrogen-bond donors (Lipinski definition) is 0. The van der Waals surface area contributed by atoms with Crippen molar-refractivity contribution in [1.82, 2.24) is 24.2 Å². The minimum absolute atomic E-state index is 0.00934. The van der Waals surface area contributed by atoms with Crippen LogP contribution in [0.4, 0.5) is 13.2 Å². The Hall–Kier alpha value is -2.36. The Labute approximate surface area is 162 Å². The molecule has 2 aromatic heterocycles. The number of pyridine rings is 1. The van der Waals surface area contributed by atoms with Gasteiger partial charge in [0.15, 0.2) is 12.3 Å². The van der Waals surface area contributed by atoms with E-state index in [2.05, 4.69) is 10.1 Å². The number of carbonyl (C=O) groups is 1. The fraction of sp³-hybridized carbons (Fsp3) is 0.529.